The van der Waals surface area contributed by atoms with Crippen LogP contribution < -0.4 is 0 Å². The van der Waals surface area contributed by atoms with Gasteiger partial charge in [-0.3, -0.25) is 4.79 Å². The Morgan fingerprint density at radius 2 is 1.50 bits per heavy atom. The van der Waals surface area contributed by atoms with Crippen LogP contribution in [0, 0.1) is 6.92 Å². The van der Waals surface area contributed by atoms with Crippen LogP contribution in [-0.2, 0) is 4.79 Å². The van der Waals surface area contributed by atoms with Gasteiger partial charge in [0.15, 0.2) is 0 Å². The van der Waals surface area contributed by atoms with Crippen LogP contribution in [0.4, 0.5) is 0 Å². The number of rotatable bonds is 0. The SMILES string of the molecule is CC(=O)N(C)C.[CH2]C. The summed E-state index contributed by atoms with van der Waals surface area (Å²) >= 11 is 0. The summed E-state index contributed by atoms with van der Waals surface area (Å²) in [6.07, 6.45) is 0. The van der Waals surface area contributed by atoms with Gasteiger partial charge in [-0.1, -0.05) is 13.8 Å². The van der Waals surface area contributed by atoms with Crippen LogP contribution in [0.1, 0.15) is 13.8 Å². The highest BCUT2D eigenvalue weighted by Crippen LogP contribution is 1.69. The van der Waals surface area contributed by atoms with E-state index in [9.17, 15) is 4.79 Å². The van der Waals surface area contributed by atoms with Crippen LogP contribution >= 0.6 is 0 Å². The second kappa shape index (κ2) is 6.47. The fraction of sp³-hybridized carbons (Fsp3) is 0.667. The Hall–Kier alpha value is -0.530. The Morgan fingerprint density at radius 3 is 1.50 bits per heavy atom. The lowest BCUT2D eigenvalue weighted by Crippen LogP contribution is -2.17. The van der Waals surface area contributed by atoms with Crippen LogP contribution in [0.2, 0.25) is 0 Å². The second-order valence-electron chi connectivity index (χ2n) is 1.41. The summed E-state index contributed by atoms with van der Waals surface area (Å²) in [4.78, 5) is 11.6. The van der Waals surface area contributed by atoms with Crippen molar-refractivity contribution in [2.75, 3.05) is 14.1 Å². The van der Waals surface area contributed by atoms with Crippen LogP contribution in [0.25, 0.3) is 0 Å². The maximum atomic E-state index is 10.1. The van der Waals surface area contributed by atoms with Crippen molar-refractivity contribution < 1.29 is 4.79 Å². The average Bonchev–Trinajstić information content (AvgIpc) is 1.72. The first-order valence-corrected chi connectivity index (χ1v) is 2.53. The molecule has 0 aliphatic rings. The molecule has 0 unspecified atom stereocenters. The maximum Gasteiger partial charge on any atom is 0.218 e. The van der Waals surface area contributed by atoms with Gasteiger partial charge in [0.1, 0.15) is 0 Å². The van der Waals surface area contributed by atoms with E-state index < -0.39 is 0 Å². The number of nitrogens with zero attached hydrogens (tertiary/aromatic N) is 1. The fourth-order valence-corrected chi connectivity index (χ4v) is 0. The second-order valence-corrected chi connectivity index (χ2v) is 1.41. The first-order valence-electron chi connectivity index (χ1n) is 2.53. The molecule has 0 aromatic heterocycles. The lowest BCUT2D eigenvalue weighted by molar-refractivity contribution is -0.126. The van der Waals surface area contributed by atoms with Gasteiger partial charge in [-0.2, -0.15) is 0 Å². The Kier molecular flexibility index (Phi) is 8.45. The third kappa shape index (κ3) is 9.08. The van der Waals surface area contributed by atoms with Crippen molar-refractivity contribution in [3.8, 4) is 0 Å². The monoisotopic (exact) mass is 116 g/mol. The van der Waals surface area contributed by atoms with E-state index in [4.69, 9.17) is 0 Å². The van der Waals surface area contributed by atoms with E-state index in [1.807, 2.05) is 0 Å². The van der Waals surface area contributed by atoms with Gasteiger partial charge in [0.25, 0.3) is 0 Å². The molecule has 0 rings (SSSR count). The molecular weight excluding hydrogens is 102 g/mol. The van der Waals surface area contributed by atoms with Crippen molar-refractivity contribution in [3.05, 3.63) is 6.92 Å². The molecule has 0 aliphatic carbocycles. The summed E-state index contributed by atoms with van der Waals surface area (Å²) in [5.41, 5.74) is 0. The maximum absolute atomic E-state index is 10.1. The molecule has 0 aromatic carbocycles. The lowest BCUT2D eigenvalue weighted by atomic mass is 10.7. The van der Waals surface area contributed by atoms with Gasteiger partial charge in [-0.15, -0.1) is 0 Å². The summed E-state index contributed by atoms with van der Waals surface area (Å²) in [6, 6.07) is 0. The van der Waals surface area contributed by atoms with E-state index in [1.165, 1.54) is 11.8 Å². The molecule has 1 radical (unpaired) electrons. The highest BCUT2D eigenvalue weighted by molar-refractivity contribution is 5.72. The van der Waals surface area contributed by atoms with E-state index in [0.29, 0.717) is 0 Å². The Morgan fingerprint density at radius 1 is 1.38 bits per heavy atom. The van der Waals surface area contributed by atoms with Crippen LogP contribution in [0.15, 0.2) is 0 Å². The Balaban J connectivity index is 0. The normalized spacial score (nSPS) is 6.62. The molecule has 0 aromatic rings. The van der Waals surface area contributed by atoms with Crippen molar-refractivity contribution in [1.82, 2.24) is 4.90 Å². The van der Waals surface area contributed by atoms with E-state index >= 15 is 0 Å². The summed E-state index contributed by atoms with van der Waals surface area (Å²) in [5.74, 6) is 0.0926. The van der Waals surface area contributed by atoms with Gasteiger partial charge < -0.3 is 4.90 Å². The van der Waals surface area contributed by atoms with Gasteiger partial charge in [0.05, 0.1) is 0 Å². The zero-order valence-corrected chi connectivity index (χ0v) is 6.06. The van der Waals surface area contributed by atoms with Crippen molar-refractivity contribution in [2.24, 2.45) is 0 Å². The topological polar surface area (TPSA) is 20.3 Å². The summed E-state index contributed by atoms with van der Waals surface area (Å²) in [7, 11) is 3.45. The molecule has 0 N–H and O–H groups in total. The molecule has 8 heavy (non-hydrogen) atoms. The highest BCUT2D eigenvalue weighted by atomic mass is 16.2. The van der Waals surface area contributed by atoms with Crippen molar-refractivity contribution in [1.29, 1.82) is 0 Å². The third-order valence-corrected chi connectivity index (χ3v) is 0.630. The van der Waals surface area contributed by atoms with Crippen LogP contribution in [0.3, 0.4) is 0 Å². The molecule has 2 heteroatoms. The Bertz CT molecular complexity index is 59.5. The minimum absolute atomic E-state index is 0.0926. The number of hydrogen-bond acceptors (Lipinski definition) is 1. The summed E-state index contributed by atoms with van der Waals surface area (Å²) in [5, 5.41) is 0. The molecule has 0 spiro atoms. The van der Waals surface area contributed by atoms with Crippen LogP contribution in [-0.4, -0.2) is 24.9 Å². The number of carbonyl (C=O) groups is 1. The lowest BCUT2D eigenvalue weighted by Gasteiger charge is -2.02. The molecule has 1 amide bonds. The highest BCUT2D eigenvalue weighted by Gasteiger charge is 1.87. The molecular formula is C6H14NO. The smallest absolute Gasteiger partial charge is 0.218 e. The van der Waals surface area contributed by atoms with E-state index in [-0.39, 0.29) is 5.91 Å². The average molecular weight is 116 g/mol. The van der Waals surface area contributed by atoms with Gasteiger partial charge in [0, 0.05) is 21.0 Å². The molecule has 2 nitrogen and oxygen atoms in total. The molecule has 0 aliphatic heterocycles. The molecule has 0 saturated heterocycles. The molecule has 49 valence electrons. The molecule has 0 saturated carbocycles. The molecule has 0 fully saturated rings. The quantitative estimate of drug-likeness (QED) is 0.461. The minimum Gasteiger partial charge on any atom is -0.349 e. The largest absolute Gasteiger partial charge is 0.349 e. The number of amides is 1. The zero-order valence-electron chi connectivity index (χ0n) is 6.06. The minimum atomic E-state index is 0.0926. The number of carbonyl (C=O) groups excluding carboxylic acids is 1. The van der Waals surface area contributed by atoms with Crippen molar-refractivity contribution in [2.45, 2.75) is 13.8 Å². The van der Waals surface area contributed by atoms with Crippen LogP contribution in [0.5, 0.6) is 0 Å². The van der Waals surface area contributed by atoms with Crippen molar-refractivity contribution in [3.63, 3.8) is 0 Å². The standard InChI is InChI=1S/C4H9NO.C2H5/c1-4(6)5(2)3;1-2/h1-3H3;1H2,2H3. The first-order chi connectivity index (χ1) is 3.64. The zero-order chi connectivity index (χ0) is 7.15. The van der Waals surface area contributed by atoms with E-state index in [1.54, 1.807) is 21.0 Å². The first kappa shape index (κ1) is 10.5. The molecule has 0 atom stereocenters. The van der Waals surface area contributed by atoms with Gasteiger partial charge in [-0.05, 0) is 0 Å². The van der Waals surface area contributed by atoms with Gasteiger partial charge in [-0.25, -0.2) is 0 Å². The van der Waals surface area contributed by atoms with Crippen molar-refractivity contribution >= 4 is 5.91 Å². The predicted molar refractivity (Wildman–Crippen MR) is 35.4 cm³/mol. The predicted octanol–water partition coefficient (Wildman–Crippen LogP) is 0.935. The van der Waals surface area contributed by atoms with Gasteiger partial charge >= 0.3 is 0 Å². The van der Waals surface area contributed by atoms with E-state index in [0.717, 1.165) is 0 Å². The number of hydrogen-bond donors (Lipinski definition) is 0. The summed E-state index contributed by atoms with van der Waals surface area (Å²) < 4.78 is 0. The fourth-order valence-electron chi connectivity index (χ4n) is 0. The molecule has 0 heterocycles. The Labute approximate surface area is 51.5 Å². The van der Waals surface area contributed by atoms with E-state index in [2.05, 4.69) is 6.92 Å². The third-order valence-electron chi connectivity index (χ3n) is 0.630. The van der Waals surface area contributed by atoms with Gasteiger partial charge in [0.2, 0.25) is 5.91 Å². The molecule has 0 bridgehead atoms. The summed E-state index contributed by atoms with van der Waals surface area (Å²) in [6.45, 7) is 6.53.